The van der Waals surface area contributed by atoms with Gasteiger partial charge < -0.3 is 4.42 Å². The third-order valence-corrected chi connectivity index (χ3v) is 4.59. The topological polar surface area (TPSA) is 48.0 Å². The molecule has 26 heavy (non-hydrogen) atoms. The molecule has 2 heterocycles. The number of halogens is 3. The van der Waals surface area contributed by atoms with Crippen molar-refractivity contribution in [3.8, 4) is 17.0 Å². The molecule has 0 fully saturated rings. The summed E-state index contributed by atoms with van der Waals surface area (Å²) in [6.45, 7) is 0. The Balaban J connectivity index is 1.92. The first-order chi connectivity index (χ1) is 12.5. The van der Waals surface area contributed by atoms with Gasteiger partial charge in [-0.25, -0.2) is 4.68 Å². The Hall–Kier alpha value is -2.83. The molecule has 134 valence electrons. The fraction of sp³-hybridized carbons (Fsp3) is 0.263. The van der Waals surface area contributed by atoms with E-state index in [1.165, 1.54) is 10.7 Å². The second-order valence-electron chi connectivity index (χ2n) is 6.23. The Labute approximate surface area is 147 Å². The van der Waals surface area contributed by atoms with Gasteiger partial charge in [-0.05, 0) is 49.9 Å². The number of hydrogen-bond acceptors (Lipinski definition) is 3. The fourth-order valence-corrected chi connectivity index (χ4v) is 3.45. The van der Waals surface area contributed by atoms with Gasteiger partial charge in [0.05, 0.1) is 5.69 Å². The molecule has 0 aliphatic heterocycles. The Bertz CT molecular complexity index is 970. The van der Waals surface area contributed by atoms with Crippen LogP contribution in [0.15, 0.2) is 40.8 Å². The van der Waals surface area contributed by atoms with Crippen LogP contribution >= 0.6 is 0 Å². The quantitative estimate of drug-likeness (QED) is 0.628. The molecule has 1 aliphatic carbocycles. The number of fused-ring (bicyclic) bond motifs is 1. The Kier molecular flexibility index (Phi) is 3.94. The van der Waals surface area contributed by atoms with E-state index in [2.05, 4.69) is 5.10 Å². The van der Waals surface area contributed by atoms with Gasteiger partial charge in [-0.1, -0.05) is 12.1 Å². The highest BCUT2D eigenvalue weighted by Crippen LogP contribution is 2.38. The van der Waals surface area contributed by atoms with Crippen molar-refractivity contribution in [3.05, 3.63) is 59.1 Å². The number of carbonyl (C=O) groups is 1. The van der Waals surface area contributed by atoms with E-state index in [4.69, 9.17) is 4.42 Å². The van der Waals surface area contributed by atoms with Crippen LogP contribution in [0.4, 0.5) is 13.2 Å². The summed E-state index contributed by atoms with van der Waals surface area (Å²) in [7, 11) is 0. The Morgan fingerprint density at radius 3 is 2.58 bits per heavy atom. The van der Waals surface area contributed by atoms with Crippen LogP contribution in [0.1, 0.15) is 40.3 Å². The molecule has 0 spiro atoms. The normalized spacial score (nSPS) is 14.3. The molecule has 0 amide bonds. The number of furan rings is 1. The molecule has 4 rings (SSSR count). The van der Waals surface area contributed by atoms with E-state index in [1.54, 1.807) is 30.3 Å². The standard InChI is InChI=1S/C19H15F3N2O2/c20-19(21,22)18-14-6-2-4-8-16(14)24(23-18)15-7-3-1-5-13(15)17-10-9-12(11-25)26-17/h1,3,5,7,9-11H,2,4,6,8H2. The van der Waals surface area contributed by atoms with Gasteiger partial charge >= 0.3 is 6.18 Å². The van der Waals surface area contributed by atoms with Crippen molar-refractivity contribution in [2.24, 2.45) is 0 Å². The van der Waals surface area contributed by atoms with Gasteiger partial charge in [-0.15, -0.1) is 0 Å². The Morgan fingerprint density at radius 2 is 1.85 bits per heavy atom. The van der Waals surface area contributed by atoms with Crippen molar-refractivity contribution in [1.82, 2.24) is 9.78 Å². The third-order valence-electron chi connectivity index (χ3n) is 4.59. The number of benzene rings is 1. The molecule has 0 unspecified atom stereocenters. The second kappa shape index (κ2) is 6.16. The summed E-state index contributed by atoms with van der Waals surface area (Å²) in [4.78, 5) is 10.9. The summed E-state index contributed by atoms with van der Waals surface area (Å²) in [5.74, 6) is 0.574. The number of carbonyl (C=O) groups excluding carboxylic acids is 1. The van der Waals surface area contributed by atoms with Crippen molar-refractivity contribution in [1.29, 1.82) is 0 Å². The van der Waals surface area contributed by atoms with Gasteiger partial charge in [-0.3, -0.25) is 4.79 Å². The summed E-state index contributed by atoms with van der Waals surface area (Å²) >= 11 is 0. The highest BCUT2D eigenvalue weighted by molar-refractivity contribution is 5.75. The number of hydrogen-bond donors (Lipinski definition) is 0. The smallest absolute Gasteiger partial charge is 0.435 e. The molecule has 0 N–H and O–H groups in total. The minimum atomic E-state index is -4.49. The fourth-order valence-electron chi connectivity index (χ4n) is 3.45. The minimum Gasteiger partial charge on any atom is -0.453 e. The zero-order chi connectivity index (χ0) is 18.3. The molecule has 0 saturated carbocycles. The first-order valence-electron chi connectivity index (χ1n) is 8.32. The highest BCUT2D eigenvalue weighted by atomic mass is 19.4. The van der Waals surface area contributed by atoms with Gasteiger partial charge in [0.25, 0.3) is 0 Å². The maximum absolute atomic E-state index is 13.4. The molecular formula is C19H15F3N2O2. The van der Waals surface area contributed by atoms with Gasteiger partial charge in [0.15, 0.2) is 17.7 Å². The lowest BCUT2D eigenvalue weighted by atomic mass is 9.95. The predicted octanol–water partition coefficient (Wildman–Crippen LogP) is 4.84. The number of nitrogens with zero attached hydrogens (tertiary/aromatic N) is 2. The number of aldehydes is 1. The first-order valence-corrected chi connectivity index (χ1v) is 8.32. The molecule has 0 bridgehead atoms. The van der Waals surface area contributed by atoms with Crippen LogP contribution in [-0.2, 0) is 19.0 Å². The molecule has 0 radical (unpaired) electrons. The maximum atomic E-state index is 13.4. The van der Waals surface area contributed by atoms with E-state index in [-0.39, 0.29) is 11.3 Å². The predicted molar refractivity (Wildman–Crippen MR) is 88.3 cm³/mol. The summed E-state index contributed by atoms with van der Waals surface area (Å²) in [6.07, 6.45) is -1.42. The Morgan fingerprint density at radius 1 is 1.08 bits per heavy atom. The molecule has 2 aromatic heterocycles. The molecule has 7 heteroatoms. The van der Waals surface area contributed by atoms with Crippen LogP contribution in [-0.4, -0.2) is 16.1 Å². The van der Waals surface area contributed by atoms with E-state index < -0.39 is 11.9 Å². The van der Waals surface area contributed by atoms with Crippen LogP contribution in [0.2, 0.25) is 0 Å². The zero-order valence-corrected chi connectivity index (χ0v) is 13.7. The third kappa shape index (κ3) is 2.73. The van der Waals surface area contributed by atoms with Crippen molar-refractivity contribution < 1.29 is 22.4 Å². The summed E-state index contributed by atoms with van der Waals surface area (Å²) in [5, 5.41) is 3.93. The number of alkyl halides is 3. The van der Waals surface area contributed by atoms with Crippen LogP contribution in [0.25, 0.3) is 17.0 Å². The highest BCUT2D eigenvalue weighted by Gasteiger charge is 2.40. The molecular weight excluding hydrogens is 345 g/mol. The number of para-hydroxylation sites is 1. The van der Waals surface area contributed by atoms with Crippen molar-refractivity contribution in [2.45, 2.75) is 31.9 Å². The van der Waals surface area contributed by atoms with Crippen LogP contribution in [0, 0.1) is 0 Å². The molecule has 1 aliphatic rings. The van der Waals surface area contributed by atoms with Crippen molar-refractivity contribution in [2.75, 3.05) is 0 Å². The largest absolute Gasteiger partial charge is 0.453 e. The zero-order valence-electron chi connectivity index (χ0n) is 13.7. The van der Waals surface area contributed by atoms with Gasteiger partial charge in [0, 0.05) is 16.8 Å². The van der Waals surface area contributed by atoms with E-state index in [1.807, 2.05) is 0 Å². The molecule has 4 nitrogen and oxygen atoms in total. The van der Waals surface area contributed by atoms with E-state index in [0.717, 1.165) is 12.8 Å². The van der Waals surface area contributed by atoms with Crippen LogP contribution < -0.4 is 0 Å². The first kappa shape index (κ1) is 16.6. The SMILES string of the molecule is O=Cc1ccc(-c2ccccc2-n2nc(C(F)(F)F)c3c2CCCC3)o1. The molecule has 1 aromatic carbocycles. The number of aromatic nitrogens is 2. The minimum absolute atomic E-state index is 0.160. The van der Waals surface area contributed by atoms with Gasteiger partial charge in [0.1, 0.15) is 5.76 Å². The van der Waals surface area contributed by atoms with Gasteiger partial charge in [0.2, 0.25) is 0 Å². The lowest BCUT2D eigenvalue weighted by Gasteiger charge is -2.16. The molecule has 0 saturated heterocycles. The molecule has 0 atom stereocenters. The second-order valence-corrected chi connectivity index (χ2v) is 6.23. The van der Waals surface area contributed by atoms with Gasteiger partial charge in [-0.2, -0.15) is 18.3 Å². The van der Waals surface area contributed by atoms with E-state index in [9.17, 15) is 18.0 Å². The lowest BCUT2D eigenvalue weighted by Crippen LogP contribution is -2.11. The average Bonchev–Trinajstić information content (AvgIpc) is 3.26. The van der Waals surface area contributed by atoms with Crippen molar-refractivity contribution >= 4 is 6.29 Å². The van der Waals surface area contributed by atoms with Crippen molar-refractivity contribution in [3.63, 3.8) is 0 Å². The van der Waals surface area contributed by atoms with Crippen LogP contribution in [0.5, 0.6) is 0 Å². The van der Waals surface area contributed by atoms with E-state index in [0.29, 0.717) is 41.8 Å². The number of rotatable bonds is 3. The summed E-state index contributed by atoms with van der Waals surface area (Å²) in [6, 6.07) is 10.1. The van der Waals surface area contributed by atoms with E-state index >= 15 is 0 Å². The summed E-state index contributed by atoms with van der Waals surface area (Å²) < 4.78 is 47.2. The monoisotopic (exact) mass is 360 g/mol. The maximum Gasteiger partial charge on any atom is 0.435 e. The summed E-state index contributed by atoms with van der Waals surface area (Å²) in [5.41, 5.74) is 1.16. The average molecular weight is 360 g/mol. The lowest BCUT2D eigenvalue weighted by molar-refractivity contribution is -0.142. The van der Waals surface area contributed by atoms with Crippen LogP contribution in [0.3, 0.4) is 0 Å². The molecule has 3 aromatic rings.